The second kappa shape index (κ2) is 13.6. The van der Waals surface area contributed by atoms with Gasteiger partial charge in [-0.15, -0.1) is 0 Å². The van der Waals surface area contributed by atoms with E-state index in [1.807, 2.05) is 47.9 Å². The number of likely N-dealkylation sites (tertiary alicyclic amines) is 1. The van der Waals surface area contributed by atoms with E-state index >= 15 is 0 Å². The van der Waals surface area contributed by atoms with Gasteiger partial charge in [-0.05, 0) is 103 Å². The lowest BCUT2D eigenvalue weighted by atomic mass is 9.91. The number of aromatic nitrogens is 1. The minimum atomic E-state index is -0.483. The predicted molar refractivity (Wildman–Crippen MR) is 150 cm³/mol. The molecule has 2 N–H and O–H groups in total. The van der Waals surface area contributed by atoms with Crippen LogP contribution < -0.4 is 10.6 Å². The molecular formula is C30H41FN4O4. The summed E-state index contributed by atoms with van der Waals surface area (Å²) in [5.41, 5.74) is 3.13. The molecule has 1 aliphatic rings. The fourth-order valence-corrected chi connectivity index (χ4v) is 4.56. The van der Waals surface area contributed by atoms with Gasteiger partial charge in [-0.25, -0.2) is 9.18 Å². The largest absolute Gasteiger partial charge is 0.444 e. The highest BCUT2D eigenvalue weighted by molar-refractivity contribution is 6.00. The van der Waals surface area contributed by atoms with E-state index in [-0.39, 0.29) is 17.8 Å². The van der Waals surface area contributed by atoms with E-state index in [1.165, 1.54) is 12.1 Å². The highest BCUT2D eigenvalue weighted by Gasteiger charge is 2.27. The van der Waals surface area contributed by atoms with Crippen LogP contribution in [0.1, 0.15) is 67.2 Å². The minimum Gasteiger partial charge on any atom is -0.444 e. The average molecular weight is 541 g/mol. The second-order valence-corrected chi connectivity index (χ2v) is 11.0. The highest BCUT2D eigenvalue weighted by atomic mass is 19.1. The number of nitrogens with one attached hydrogen (secondary N) is 2. The number of carbonyl (C=O) groups is 2. The quantitative estimate of drug-likeness (QED) is 0.421. The molecule has 2 amide bonds. The van der Waals surface area contributed by atoms with Gasteiger partial charge in [0.05, 0.1) is 5.69 Å². The number of fused-ring (bicyclic) bond motifs is 1. The van der Waals surface area contributed by atoms with Gasteiger partial charge in [0.2, 0.25) is 0 Å². The first-order valence-electron chi connectivity index (χ1n) is 13.5. The van der Waals surface area contributed by atoms with Crippen molar-refractivity contribution < 1.29 is 23.2 Å². The number of hydrogen-bond acceptors (Lipinski definition) is 6. The molecule has 212 valence electrons. The Balaban J connectivity index is 0.00000134. The summed E-state index contributed by atoms with van der Waals surface area (Å²) >= 11 is 0. The molecule has 1 saturated heterocycles. The van der Waals surface area contributed by atoms with Crippen molar-refractivity contribution in [3.63, 3.8) is 0 Å². The maximum atomic E-state index is 13.1. The molecule has 8 nitrogen and oxygen atoms in total. The van der Waals surface area contributed by atoms with Crippen LogP contribution in [0.4, 0.5) is 9.18 Å². The molecule has 0 spiro atoms. The molecule has 0 radical (unpaired) electrons. The minimum absolute atomic E-state index is 0.214. The van der Waals surface area contributed by atoms with Gasteiger partial charge in [-0.2, -0.15) is 0 Å². The van der Waals surface area contributed by atoms with Crippen molar-refractivity contribution in [3.05, 3.63) is 64.6 Å². The normalized spacial score (nSPS) is 14.1. The van der Waals surface area contributed by atoms with Crippen molar-refractivity contribution in [1.82, 2.24) is 20.7 Å². The lowest BCUT2D eigenvalue weighted by Gasteiger charge is -2.33. The fraction of sp³-hybridized carbons (Fsp3) is 0.500. The van der Waals surface area contributed by atoms with Crippen molar-refractivity contribution in [1.29, 1.82) is 0 Å². The first kappa shape index (κ1) is 30.1. The molecule has 0 aliphatic carbocycles. The Labute approximate surface area is 230 Å². The summed E-state index contributed by atoms with van der Waals surface area (Å²) in [6, 6.07) is 9.74. The topological polar surface area (TPSA) is 96.7 Å². The van der Waals surface area contributed by atoms with Crippen LogP contribution in [0.5, 0.6) is 0 Å². The smallest absolute Gasteiger partial charge is 0.410 e. The summed E-state index contributed by atoms with van der Waals surface area (Å²) in [6.45, 7) is 9.21. The standard InChI is InChI=1S/C28H34FN3O4.C2H7N/c1-18-22(26(33)30-17-20-5-8-21(29)9-6-20)10-11-23-24(31-36-25(18)23)12-7-19-13-15-32(16-14-19)27(34)35-28(2,3)4;1-3-2/h5-6,8-11,19H,7,12-17H2,1-4H3,(H,30,33);3H,1-2H3. The number of benzene rings is 2. The number of carbonyl (C=O) groups excluding carboxylic acids is 2. The van der Waals surface area contributed by atoms with Crippen LogP contribution >= 0.6 is 0 Å². The first-order valence-corrected chi connectivity index (χ1v) is 13.5. The Morgan fingerprint density at radius 3 is 2.36 bits per heavy atom. The predicted octanol–water partition coefficient (Wildman–Crippen LogP) is 5.62. The third kappa shape index (κ3) is 8.51. The SMILES string of the molecule is CNC.Cc1c(C(=O)NCc2ccc(F)cc2)ccc2c(CCC3CCN(C(=O)OC(C)(C)C)CC3)noc12. The van der Waals surface area contributed by atoms with Gasteiger partial charge >= 0.3 is 6.09 Å². The van der Waals surface area contributed by atoms with Crippen LogP contribution in [0.2, 0.25) is 0 Å². The van der Waals surface area contributed by atoms with Crippen LogP contribution in [-0.4, -0.2) is 54.8 Å². The zero-order valence-corrected chi connectivity index (χ0v) is 23.9. The van der Waals surface area contributed by atoms with Gasteiger partial charge in [-0.1, -0.05) is 17.3 Å². The molecule has 0 unspecified atom stereocenters. The molecule has 0 bridgehead atoms. The number of rotatable bonds is 6. The first-order chi connectivity index (χ1) is 18.5. The van der Waals surface area contributed by atoms with E-state index in [2.05, 4.69) is 15.8 Å². The summed E-state index contributed by atoms with van der Waals surface area (Å²) in [6.07, 6.45) is 3.37. The lowest BCUT2D eigenvalue weighted by Crippen LogP contribution is -2.41. The molecule has 2 aromatic carbocycles. The highest BCUT2D eigenvalue weighted by Crippen LogP contribution is 2.29. The van der Waals surface area contributed by atoms with Gasteiger partial charge in [-0.3, -0.25) is 4.79 Å². The molecule has 3 aromatic rings. The van der Waals surface area contributed by atoms with E-state index < -0.39 is 5.60 Å². The lowest BCUT2D eigenvalue weighted by molar-refractivity contribution is 0.0181. The Bertz CT molecular complexity index is 1240. The van der Waals surface area contributed by atoms with E-state index in [9.17, 15) is 14.0 Å². The molecule has 4 rings (SSSR count). The van der Waals surface area contributed by atoms with Crippen LogP contribution in [0.3, 0.4) is 0 Å². The zero-order valence-electron chi connectivity index (χ0n) is 23.9. The monoisotopic (exact) mass is 540 g/mol. The summed E-state index contributed by atoms with van der Waals surface area (Å²) in [5, 5.41) is 10.9. The zero-order chi connectivity index (χ0) is 28.6. The molecular weight excluding hydrogens is 499 g/mol. The molecule has 0 saturated carbocycles. The summed E-state index contributed by atoms with van der Waals surface area (Å²) in [4.78, 5) is 26.8. The van der Waals surface area contributed by atoms with Gasteiger partial charge in [0, 0.05) is 36.1 Å². The number of aryl methyl sites for hydroxylation is 2. The van der Waals surface area contributed by atoms with Crippen LogP contribution in [0.15, 0.2) is 40.9 Å². The van der Waals surface area contributed by atoms with Crippen molar-refractivity contribution in [2.45, 2.75) is 65.5 Å². The van der Waals surface area contributed by atoms with Gasteiger partial charge < -0.3 is 24.8 Å². The number of nitrogens with zero attached hydrogens (tertiary/aromatic N) is 2. The molecule has 39 heavy (non-hydrogen) atoms. The third-order valence-electron chi connectivity index (χ3n) is 6.63. The van der Waals surface area contributed by atoms with Crippen LogP contribution in [-0.2, 0) is 17.7 Å². The Morgan fingerprint density at radius 2 is 1.74 bits per heavy atom. The van der Waals surface area contributed by atoms with E-state index in [0.29, 0.717) is 36.7 Å². The van der Waals surface area contributed by atoms with Gasteiger partial charge in [0.25, 0.3) is 5.91 Å². The maximum absolute atomic E-state index is 13.1. The third-order valence-corrected chi connectivity index (χ3v) is 6.63. The number of hydrogen-bond donors (Lipinski definition) is 2. The molecule has 9 heteroatoms. The Hall–Kier alpha value is -3.46. The van der Waals surface area contributed by atoms with Crippen LogP contribution in [0, 0.1) is 18.7 Å². The van der Waals surface area contributed by atoms with Gasteiger partial charge in [0.1, 0.15) is 11.4 Å². The van der Waals surface area contributed by atoms with Crippen molar-refractivity contribution in [2.75, 3.05) is 27.2 Å². The average Bonchev–Trinajstić information content (AvgIpc) is 3.31. The molecule has 1 aromatic heterocycles. The van der Waals surface area contributed by atoms with E-state index in [1.54, 1.807) is 23.1 Å². The Morgan fingerprint density at radius 1 is 1.10 bits per heavy atom. The van der Waals surface area contributed by atoms with Crippen LogP contribution in [0.25, 0.3) is 11.0 Å². The number of ether oxygens (including phenoxy) is 1. The number of halogens is 1. The summed E-state index contributed by atoms with van der Waals surface area (Å²) < 4.78 is 24.2. The molecule has 1 fully saturated rings. The fourth-order valence-electron chi connectivity index (χ4n) is 4.56. The maximum Gasteiger partial charge on any atom is 0.410 e. The second-order valence-electron chi connectivity index (χ2n) is 11.0. The summed E-state index contributed by atoms with van der Waals surface area (Å²) in [5.74, 6) is -0.0137. The summed E-state index contributed by atoms with van der Waals surface area (Å²) in [7, 11) is 3.75. The van der Waals surface area contributed by atoms with Crippen molar-refractivity contribution >= 4 is 23.0 Å². The van der Waals surface area contributed by atoms with E-state index in [0.717, 1.165) is 47.9 Å². The number of piperidine rings is 1. The van der Waals surface area contributed by atoms with Crippen molar-refractivity contribution in [3.8, 4) is 0 Å². The molecule has 0 atom stereocenters. The van der Waals surface area contributed by atoms with Gasteiger partial charge in [0.15, 0.2) is 5.58 Å². The molecule has 1 aliphatic heterocycles. The van der Waals surface area contributed by atoms with Crippen molar-refractivity contribution in [2.24, 2.45) is 5.92 Å². The number of amides is 2. The van der Waals surface area contributed by atoms with E-state index in [4.69, 9.17) is 9.26 Å². The molecule has 2 heterocycles. The Kier molecular flexibility index (Phi) is 10.5.